The van der Waals surface area contributed by atoms with Crippen LogP contribution in [0, 0.1) is 11.8 Å². The normalized spacial score (nSPS) is 14.5. The summed E-state index contributed by atoms with van der Waals surface area (Å²) in [4.78, 5) is 18.7. The molecule has 21 heavy (non-hydrogen) atoms. The summed E-state index contributed by atoms with van der Waals surface area (Å²) in [6.45, 7) is 4.35. The van der Waals surface area contributed by atoms with Crippen molar-refractivity contribution in [1.29, 1.82) is 0 Å². The Labute approximate surface area is 125 Å². The molecular formula is C16H22N4O. The number of hydrogen-bond donors (Lipinski definition) is 2. The maximum Gasteiger partial charge on any atom is 0.271 e. The molecule has 0 aromatic carbocycles. The molecule has 0 radical (unpaired) electrons. The standard InChI is InChI=1S/C16H22N4O/c17-8-3-6-14-7-4-9-18-15(14)16(21)19-10-5-13-20-11-1-2-12-20/h4,7,9H,1-2,5,8,10-13,17H2,(H,19,21). The van der Waals surface area contributed by atoms with Gasteiger partial charge in [0.2, 0.25) is 0 Å². The minimum Gasteiger partial charge on any atom is -0.351 e. The average molecular weight is 286 g/mol. The van der Waals surface area contributed by atoms with E-state index in [1.165, 1.54) is 25.9 Å². The summed E-state index contributed by atoms with van der Waals surface area (Å²) in [7, 11) is 0. The number of rotatable bonds is 5. The number of likely N-dealkylation sites (tertiary alicyclic amines) is 1. The maximum absolute atomic E-state index is 12.1. The zero-order valence-electron chi connectivity index (χ0n) is 12.3. The molecule has 5 nitrogen and oxygen atoms in total. The molecule has 0 aliphatic carbocycles. The number of amides is 1. The van der Waals surface area contributed by atoms with Gasteiger partial charge in [0.25, 0.3) is 5.91 Å². The van der Waals surface area contributed by atoms with Gasteiger partial charge in [-0.1, -0.05) is 11.8 Å². The van der Waals surface area contributed by atoms with Gasteiger partial charge in [0.05, 0.1) is 12.1 Å². The third-order valence-electron chi connectivity index (χ3n) is 3.48. The lowest BCUT2D eigenvalue weighted by Gasteiger charge is -2.14. The first kappa shape index (κ1) is 15.5. The lowest BCUT2D eigenvalue weighted by molar-refractivity contribution is 0.0947. The Morgan fingerprint density at radius 1 is 1.43 bits per heavy atom. The van der Waals surface area contributed by atoms with Gasteiger partial charge in [-0.3, -0.25) is 4.79 Å². The molecule has 1 amide bonds. The Morgan fingerprint density at radius 3 is 3.00 bits per heavy atom. The van der Waals surface area contributed by atoms with Crippen molar-refractivity contribution in [1.82, 2.24) is 15.2 Å². The molecule has 1 aliphatic rings. The number of nitrogens with zero attached hydrogens (tertiary/aromatic N) is 2. The fraction of sp³-hybridized carbons (Fsp3) is 0.500. The van der Waals surface area contributed by atoms with Crippen molar-refractivity contribution in [3.05, 3.63) is 29.6 Å². The van der Waals surface area contributed by atoms with Crippen LogP contribution in [0.2, 0.25) is 0 Å². The first-order chi connectivity index (χ1) is 10.3. The Balaban J connectivity index is 1.82. The topological polar surface area (TPSA) is 71.2 Å². The van der Waals surface area contributed by atoms with E-state index in [-0.39, 0.29) is 12.5 Å². The predicted molar refractivity (Wildman–Crippen MR) is 82.8 cm³/mol. The van der Waals surface area contributed by atoms with Gasteiger partial charge in [0, 0.05) is 12.7 Å². The molecule has 3 N–H and O–H groups in total. The number of aromatic nitrogens is 1. The molecule has 2 heterocycles. The van der Waals surface area contributed by atoms with Crippen molar-refractivity contribution in [3.8, 4) is 11.8 Å². The summed E-state index contributed by atoms with van der Waals surface area (Å²) in [5.41, 5.74) is 6.36. The van der Waals surface area contributed by atoms with Crippen molar-refractivity contribution >= 4 is 5.91 Å². The Hall–Kier alpha value is -1.90. The molecule has 1 aromatic rings. The number of carbonyl (C=O) groups excluding carboxylic acids is 1. The van der Waals surface area contributed by atoms with Gasteiger partial charge in [0.1, 0.15) is 5.69 Å². The highest BCUT2D eigenvalue weighted by Gasteiger charge is 2.12. The summed E-state index contributed by atoms with van der Waals surface area (Å²) >= 11 is 0. The molecule has 0 spiro atoms. The van der Waals surface area contributed by atoms with Crippen molar-refractivity contribution in [2.24, 2.45) is 5.73 Å². The van der Waals surface area contributed by atoms with Gasteiger partial charge >= 0.3 is 0 Å². The van der Waals surface area contributed by atoms with Gasteiger partial charge < -0.3 is 16.0 Å². The van der Waals surface area contributed by atoms with Crippen LogP contribution in [0.25, 0.3) is 0 Å². The minimum absolute atomic E-state index is 0.168. The van der Waals surface area contributed by atoms with E-state index in [0.717, 1.165) is 13.0 Å². The van der Waals surface area contributed by atoms with Crippen LogP contribution in [0.1, 0.15) is 35.3 Å². The third-order valence-corrected chi connectivity index (χ3v) is 3.48. The molecular weight excluding hydrogens is 264 g/mol. The van der Waals surface area contributed by atoms with Crippen molar-refractivity contribution < 1.29 is 4.79 Å². The first-order valence-corrected chi connectivity index (χ1v) is 7.46. The van der Waals surface area contributed by atoms with Crippen LogP contribution in [0.5, 0.6) is 0 Å². The molecule has 112 valence electrons. The zero-order valence-corrected chi connectivity index (χ0v) is 12.3. The fourth-order valence-electron chi connectivity index (χ4n) is 2.43. The van der Waals surface area contributed by atoms with Crippen LogP contribution >= 0.6 is 0 Å². The second kappa shape index (κ2) is 8.40. The SMILES string of the molecule is NCC#Cc1cccnc1C(=O)NCCCN1CCCC1. The van der Waals surface area contributed by atoms with Gasteiger partial charge in [-0.2, -0.15) is 0 Å². The molecule has 1 saturated heterocycles. The first-order valence-electron chi connectivity index (χ1n) is 7.46. The number of nitrogens with two attached hydrogens (primary N) is 1. The van der Waals surface area contributed by atoms with Crippen molar-refractivity contribution in [3.63, 3.8) is 0 Å². The summed E-state index contributed by atoms with van der Waals surface area (Å²) in [5.74, 6) is 5.47. The lowest BCUT2D eigenvalue weighted by Crippen LogP contribution is -2.29. The summed E-state index contributed by atoms with van der Waals surface area (Å²) in [6, 6.07) is 3.56. The molecule has 1 aliphatic heterocycles. The minimum atomic E-state index is -0.168. The van der Waals surface area contributed by atoms with E-state index >= 15 is 0 Å². The second-order valence-electron chi connectivity index (χ2n) is 5.06. The third kappa shape index (κ3) is 4.85. The van der Waals surface area contributed by atoms with Crippen molar-refractivity contribution in [2.75, 3.05) is 32.7 Å². The zero-order chi connectivity index (χ0) is 14.9. The molecule has 0 atom stereocenters. The van der Waals surface area contributed by atoms with Gasteiger partial charge in [-0.05, 0) is 51.0 Å². The predicted octanol–water partition coefficient (Wildman–Crippen LogP) is 0.608. The van der Waals surface area contributed by atoms with E-state index in [0.29, 0.717) is 17.8 Å². The summed E-state index contributed by atoms with van der Waals surface area (Å²) in [6.07, 6.45) is 5.15. The van der Waals surface area contributed by atoms with E-state index in [9.17, 15) is 4.79 Å². The van der Waals surface area contributed by atoms with Crippen LogP contribution in [0.3, 0.4) is 0 Å². The molecule has 1 aromatic heterocycles. The molecule has 0 saturated carbocycles. The summed E-state index contributed by atoms with van der Waals surface area (Å²) < 4.78 is 0. The van der Waals surface area contributed by atoms with Gasteiger partial charge in [-0.25, -0.2) is 4.98 Å². The molecule has 2 rings (SSSR count). The van der Waals surface area contributed by atoms with E-state index < -0.39 is 0 Å². The summed E-state index contributed by atoms with van der Waals surface area (Å²) in [5, 5.41) is 2.91. The molecule has 1 fully saturated rings. The quantitative estimate of drug-likeness (QED) is 0.614. The van der Waals surface area contributed by atoms with E-state index in [1.807, 2.05) is 0 Å². The van der Waals surface area contributed by atoms with Crippen molar-refractivity contribution in [2.45, 2.75) is 19.3 Å². The van der Waals surface area contributed by atoms with E-state index in [4.69, 9.17) is 5.73 Å². The highest BCUT2D eigenvalue weighted by Crippen LogP contribution is 2.07. The highest BCUT2D eigenvalue weighted by molar-refractivity contribution is 5.94. The number of pyridine rings is 1. The van der Waals surface area contributed by atoms with Gasteiger partial charge in [-0.15, -0.1) is 0 Å². The van der Waals surface area contributed by atoms with Crippen LogP contribution < -0.4 is 11.1 Å². The molecule has 0 bridgehead atoms. The van der Waals surface area contributed by atoms with E-state index in [1.54, 1.807) is 18.3 Å². The lowest BCUT2D eigenvalue weighted by atomic mass is 10.2. The Morgan fingerprint density at radius 2 is 2.24 bits per heavy atom. The Kier molecular flexibility index (Phi) is 6.20. The largest absolute Gasteiger partial charge is 0.351 e. The fourth-order valence-corrected chi connectivity index (χ4v) is 2.43. The Bertz CT molecular complexity index is 527. The average Bonchev–Trinajstić information content (AvgIpc) is 3.03. The van der Waals surface area contributed by atoms with Crippen LogP contribution in [0.4, 0.5) is 0 Å². The smallest absolute Gasteiger partial charge is 0.271 e. The number of nitrogens with one attached hydrogen (secondary N) is 1. The number of hydrogen-bond acceptors (Lipinski definition) is 4. The van der Waals surface area contributed by atoms with E-state index in [2.05, 4.69) is 27.0 Å². The number of carbonyl (C=O) groups is 1. The highest BCUT2D eigenvalue weighted by atomic mass is 16.1. The molecule has 0 unspecified atom stereocenters. The van der Waals surface area contributed by atoms with Crippen LogP contribution in [0.15, 0.2) is 18.3 Å². The second-order valence-corrected chi connectivity index (χ2v) is 5.06. The monoisotopic (exact) mass is 286 g/mol. The van der Waals surface area contributed by atoms with Crippen LogP contribution in [-0.2, 0) is 0 Å². The maximum atomic E-state index is 12.1. The van der Waals surface area contributed by atoms with Gasteiger partial charge in [0.15, 0.2) is 0 Å². The van der Waals surface area contributed by atoms with Crippen LogP contribution in [-0.4, -0.2) is 48.5 Å². The molecule has 5 heteroatoms.